The zero-order valence-corrected chi connectivity index (χ0v) is 20.8. The first-order valence-corrected chi connectivity index (χ1v) is 12.1. The van der Waals surface area contributed by atoms with Crippen molar-refractivity contribution in [3.63, 3.8) is 0 Å². The molecule has 1 aromatic heterocycles. The maximum Gasteiger partial charge on any atom is 0.338 e. The Labute approximate surface area is 207 Å². The molecule has 3 aromatic rings. The van der Waals surface area contributed by atoms with Crippen molar-refractivity contribution in [2.24, 2.45) is 0 Å². The molecule has 1 atom stereocenters. The molecule has 0 bridgehead atoms. The Morgan fingerprint density at radius 2 is 1.83 bits per heavy atom. The molecule has 7 nitrogen and oxygen atoms in total. The van der Waals surface area contributed by atoms with Crippen molar-refractivity contribution in [3.05, 3.63) is 97.7 Å². The van der Waals surface area contributed by atoms with Crippen LogP contribution in [0.4, 0.5) is 0 Å². The lowest BCUT2D eigenvalue weighted by Gasteiger charge is -2.27. The number of carbonyl (C=O) groups is 3. The van der Waals surface area contributed by atoms with Gasteiger partial charge in [-0.3, -0.25) is 9.59 Å². The van der Waals surface area contributed by atoms with E-state index in [1.54, 1.807) is 38.1 Å². The van der Waals surface area contributed by atoms with E-state index in [9.17, 15) is 19.5 Å². The average Bonchev–Trinajstić information content (AvgIpc) is 3.29. The number of hydrogen-bond donors (Lipinski definition) is 1. The van der Waals surface area contributed by atoms with Gasteiger partial charge in [-0.05, 0) is 51.0 Å². The summed E-state index contributed by atoms with van der Waals surface area (Å²) in [6, 6.07) is 13.5. The third-order valence-electron chi connectivity index (χ3n) is 5.83. The van der Waals surface area contributed by atoms with Gasteiger partial charge in [-0.25, -0.2) is 9.78 Å². The van der Waals surface area contributed by atoms with E-state index in [0.29, 0.717) is 16.1 Å². The predicted molar refractivity (Wildman–Crippen MR) is 132 cm³/mol. The molecular formula is C27H26N2O5S. The number of Topliss-reactive ketones (excluding diaryl/α,β-unsaturated/α-hetero) is 1. The van der Waals surface area contributed by atoms with Gasteiger partial charge in [0.15, 0.2) is 5.76 Å². The van der Waals surface area contributed by atoms with Gasteiger partial charge in [-0.1, -0.05) is 42.0 Å². The van der Waals surface area contributed by atoms with Gasteiger partial charge >= 0.3 is 5.97 Å². The molecule has 2 aromatic carbocycles. The van der Waals surface area contributed by atoms with E-state index in [1.807, 2.05) is 38.1 Å². The monoisotopic (exact) mass is 490 g/mol. The first-order valence-electron chi connectivity index (χ1n) is 11.3. The number of aliphatic hydroxyl groups excluding tert-OH is 1. The van der Waals surface area contributed by atoms with Gasteiger partial charge in [0.05, 0.1) is 39.4 Å². The van der Waals surface area contributed by atoms with Crippen LogP contribution in [0.5, 0.6) is 0 Å². The number of thiazole rings is 1. The zero-order valence-electron chi connectivity index (χ0n) is 20.0. The second kappa shape index (κ2) is 9.84. The largest absolute Gasteiger partial charge is 0.503 e. The summed E-state index contributed by atoms with van der Waals surface area (Å²) in [7, 11) is 0. The zero-order chi connectivity index (χ0) is 25.3. The number of hydrogen-bond acceptors (Lipinski definition) is 7. The smallest absolute Gasteiger partial charge is 0.338 e. The van der Waals surface area contributed by atoms with Gasteiger partial charge in [0.2, 0.25) is 5.78 Å². The van der Waals surface area contributed by atoms with Crippen molar-refractivity contribution < 1.29 is 24.2 Å². The number of amides is 1. The highest BCUT2D eigenvalue weighted by Crippen LogP contribution is 2.41. The van der Waals surface area contributed by atoms with Crippen LogP contribution in [0.2, 0.25) is 0 Å². The Bertz CT molecular complexity index is 1340. The number of nitrogens with zero attached hydrogens (tertiary/aromatic N) is 2. The highest BCUT2D eigenvalue weighted by molar-refractivity contribution is 7.14. The summed E-state index contributed by atoms with van der Waals surface area (Å²) in [5.74, 6) is -1.98. The summed E-state index contributed by atoms with van der Waals surface area (Å²) in [5, 5.41) is 11.6. The number of rotatable bonds is 7. The van der Waals surface area contributed by atoms with Gasteiger partial charge in [0.1, 0.15) is 0 Å². The molecule has 8 heteroatoms. The topological polar surface area (TPSA) is 96.8 Å². The predicted octanol–water partition coefficient (Wildman–Crippen LogP) is 5.02. The van der Waals surface area contributed by atoms with Crippen molar-refractivity contribution in [3.8, 4) is 0 Å². The summed E-state index contributed by atoms with van der Waals surface area (Å²) < 4.78 is 5.03. The third-order valence-corrected chi connectivity index (χ3v) is 6.91. The fraction of sp³-hybridized carbons (Fsp3) is 0.259. The fourth-order valence-corrected chi connectivity index (χ4v) is 5.13. The molecule has 0 saturated heterocycles. The minimum absolute atomic E-state index is 0.0514. The normalized spacial score (nSPS) is 15.6. The standard InChI is InChI=1S/C27H26N2O5S/c1-5-34-27(33)19-11-9-18(10-12-19)14-29-22(20-8-6-7-15(2)13-20)21(24(31)26(29)32)23(30)25-16(3)28-17(4)35-25/h6-13,22,31H,5,14H2,1-4H3. The number of aliphatic hydroxyl groups is 1. The summed E-state index contributed by atoms with van der Waals surface area (Å²) >= 11 is 1.25. The molecule has 4 rings (SSSR count). The van der Waals surface area contributed by atoms with E-state index in [4.69, 9.17) is 4.74 Å². The highest BCUT2D eigenvalue weighted by atomic mass is 32.1. The van der Waals surface area contributed by atoms with Crippen LogP contribution in [-0.4, -0.2) is 39.3 Å². The number of ketones is 1. The van der Waals surface area contributed by atoms with Gasteiger partial charge in [0, 0.05) is 6.54 Å². The van der Waals surface area contributed by atoms with E-state index in [0.717, 1.165) is 21.7 Å². The Morgan fingerprint density at radius 3 is 2.43 bits per heavy atom. The number of esters is 1. The van der Waals surface area contributed by atoms with E-state index < -0.39 is 29.5 Å². The Balaban J connectivity index is 1.73. The molecule has 0 saturated carbocycles. The van der Waals surface area contributed by atoms with Crippen LogP contribution < -0.4 is 0 Å². The Kier molecular flexibility index (Phi) is 6.84. The van der Waals surface area contributed by atoms with Crippen LogP contribution in [-0.2, 0) is 16.1 Å². The summed E-state index contributed by atoms with van der Waals surface area (Å²) in [4.78, 5) is 45.1. The fourth-order valence-electron chi connectivity index (χ4n) is 4.26. The molecule has 2 heterocycles. The number of carbonyl (C=O) groups excluding carboxylic acids is 3. The van der Waals surface area contributed by atoms with Crippen LogP contribution in [0.3, 0.4) is 0 Å². The second-order valence-electron chi connectivity index (χ2n) is 8.41. The molecule has 1 amide bonds. The maximum atomic E-state index is 13.6. The number of aromatic nitrogens is 1. The minimum atomic E-state index is -0.763. The summed E-state index contributed by atoms with van der Waals surface area (Å²) in [5.41, 5.74) is 3.48. The highest BCUT2D eigenvalue weighted by Gasteiger charge is 2.44. The van der Waals surface area contributed by atoms with Crippen LogP contribution in [0.25, 0.3) is 0 Å². The Morgan fingerprint density at radius 1 is 1.11 bits per heavy atom. The molecule has 0 spiro atoms. The van der Waals surface area contributed by atoms with Crippen molar-refractivity contribution >= 4 is 29.0 Å². The van der Waals surface area contributed by atoms with E-state index in [-0.39, 0.29) is 18.7 Å². The summed E-state index contributed by atoms with van der Waals surface area (Å²) in [6.07, 6.45) is 0. The van der Waals surface area contributed by atoms with Gasteiger partial charge < -0.3 is 14.7 Å². The molecule has 1 unspecified atom stereocenters. The number of ether oxygens (including phenoxy) is 1. The molecule has 1 N–H and O–H groups in total. The van der Waals surface area contributed by atoms with Crippen molar-refractivity contribution in [2.45, 2.75) is 40.3 Å². The molecular weight excluding hydrogens is 464 g/mol. The lowest BCUT2D eigenvalue weighted by Crippen LogP contribution is -2.30. The lowest BCUT2D eigenvalue weighted by molar-refractivity contribution is -0.130. The lowest BCUT2D eigenvalue weighted by atomic mass is 9.94. The van der Waals surface area contributed by atoms with E-state index >= 15 is 0 Å². The quantitative estimate of drug-likeness (QED) is 0.369. The van der Waals surface area contributed by atoms with Crippen LogP contribution in [0.15, 0.2) is 59.9 Å². The van der Waals surface area contributed by atoms with Crippen LogP contribution in [0.1, 0.15) is 60.4 Å². The molecule has 1 aliphatic rings. The van der Waals surface area contributed by atoms with Crippen molar-refractivity contribution in [1.82, 2.24) is 9.88 Å². The summed E-state index contributed by atoms with van der Waals surface area (Å²) in [6.45, 7) is 7.65. The number of benzene rings is 2. The van der Waals surface area contributed by atoms with Crippen molar-refractivity contribution in [1.29, 1.82) is 0 Å². The van der Waals surface area contributed by atoms with Gasteiger partial charge in [0.25, 0.3) is 5.91 Å². The van der Waals surface area contributed by atoms with Crippen LogP contribution in [0, 0.1) is 20.8 Å². The molecule has 180 valence electrons. The third kappa shape index (κ3) is 4.74. The first-order chi connectivity index (χ1) is 16.7. The minimum Gasteiger partial charge on any atom is -0.503 e. The molecule has 0 aliphatic carbocycles. The SMILES string of the molecule is CCOC(=O)c1ccc(CN2C(=O)C(O)=C(C(=O)c3sc(C)nc3C)C2c2cccc(C)c2)cc1. The average molecular weight is 491 g/mol. The molecule has 1 aliphatic heterocycles. The maximum absolute atomic E-state index is 13.6. The molecule has 35 heavy (non-hydrogen) atoms. The second-order valence-corrected chi connectivity index (χ2v) is 9.61. The molecule has 0 radical (unpaired) electrons. The number of aryl methyl sites for hydroxylation is 3. The van der Waals surface area contributed by atoms with E-state index in [2.05, 4.69) is 4.98 Å². The molecule has 0 fully saturated rings. The van der Waals surface area contributed by atoms with Crippen molar-refractivity contribution in [2.75, 3.05) is 6.61 Å². The van der Waals surface area contributed by atoms with E-state index in [1.165, 1.54) is 16.2 Å². The Hall–Kier alpha value is -3.78. The van der Waals surface area contributed by atoms with Gasteiger partial charge in [-0.15, -0.1) is 11.3 Å². The van der Waals surface area contributed by atoms with Crippen LogP contribution >= 0.6 is 11.3 Å². The first kappa shape index (κ1) is 24.3. The van der Waals surface area contributed by atoms with Gasteiger partial charge in [-0.2, -0.15) is 0 Å².